The molecule has 0 spiro atoms. The number of rotatable bonds is 20. The van der Waals surface area contributed by atoms with E-state index < -0.39 is 42.1 Å². The first-order valence-corrected chi connectivity index (χ1v) is 19.4. The Kier molecular flexibility index (Phi) is 16.6. The molecule has 5 atom stereocenters. The average Bonchev–Trinajstić information content (AvgIpc) is 3.18. The topological polar surface area (TPSA) is 150 Å². The van der Waals surface area contributed by atoms with E-state index in [1.165, 1.54) is 0 Å². The summed E-state index contributed by atoms with van der Waals surface area (Å²) in [6, 6.07) is 23.4. The van der Waals surface area contributed by atoms with Crippen LogP contribution in [0.25, 0.3) is 10.8 Å². The highest BCUT2D eigenvalue weighted by atomic mass is 16.5. The van der Waals surface area contributed by atoms with E-state index >= 15 is 0 Å². The number of carbonyl (C=O) groups excluding carboxylic acids is 4. The molecule has 0 bridgehead atoms. The number of carbonyl (C=O) groups is 4. The standard InChI is InChI=1S/C44H57N5O6/c1-6-31(5)28-49(7-2)41(51)27-40(50)37(24-30(3)4)46-42(52)38(25-32-20-22-45-23-21-32)47-43(53)39(48-44(54)55-29-33-14-9-8-10-15-33)26-35-18-13-17-34-16-11-12-19-36(34)35/h8-23,30-31,37-40,50H,6-7,24-29H2,1-5H3,(H,46,52)(H,47,53)(H,48,54)/t31?,37-,38?,39-,40-/m0/s1. The Labute approximate surface area is 325 Å². The van der Waals surface area contributed by atoms with E-state index in [-0.39, 0.29) is 37.7 Å². The lowest BCUT2D eigenvalue weighted by Crippen LogP contribution is -2.57. The number of alkyl carbamates (subject to hydrolysis) is 1. The van der Waals surface area contributed by atoms with Gasteiger partial charge < -0.3 is 30.7 Å². The first-order chi connectivity index (χ1) is 26.5. The molecule has 3 aromatic carbocycles. The number of hydrogen-bond donors (Lipinski definition) is 4. The maximum absolute atomic E-state index is 14.3. The van der Waals surface area contributed by atoms with Crippen LogP contribution < -0.4 is 16.0 Å². The van der Waals surface area contributed by atoms with Gasteiger partial charge in [-0.1, -0.05) is 107 Å². The van der Waals surface area contributed by atoms with Gasteiger partial charge in [-0.3, -0.25) is 19.4 Å². The highest BCUT2D eigenvalue weighted by molar-refractivity contribution is 5.93. The molecule has 0 aliphatic rings. The largest absolute Gasteiger partial charge is 0.445 e. The summed E-state index contributed by atoms with van der Waals surface area (Å²) in [5.74, 6) is -0.888. The lowest BCUT2D eigenvalue weighted by Gasteiger charge is -2.30. The second-order valence-corrected chi connectivity index (χ2v) is 14.7. The van der Waals surface area contributed by atoms with E-state index in [1.54, 1.807) is 29.4 Å². The third-order valence-electron chi connectivity index (χ3n) is 9.81. The summed E-state index contributed by atoms with van der Waals surface area (Å²) in [5, 5.41) is 22.0. The van der Waals surface area contributed by atoms with Gasteiger partial charge in [0.2, 0.25) is 17.7 Å². The van der Waals surface area contributed by atoms with Gasteiger partial charge in [-0.2, -0.15) is 0 Å². The molecule has 11 nitrogen and oxygen atoms in total. The van der Waals surface area contributed by atoms with Crippen molar-refractivity contribution in [2.45, 2.75) is 97.6 Å². The number of aliphatic hydroxyl groups is 1. The van der Waals surface area contributed by atoms with Crippen molar-refractivity contribution in [2.24, 2.45) is 11.8 Å². The number of nitrogens with zero attached hydrogens (tertiary/aromatic N) is 2. The molecule has 0 saturated carbocycles. The Bertz CT molecular complexity index is 1820. The van der Waals surface area contributed by atoms with Crippen LogP contribution in [0.2, 0.25) is 0 Å². The zero-order chi connectivity index (χ0) is 39.7. The number of fused-ring (bicyclic) bond motifs is 1. The van der Waals surface area contributed by atoms with Gasteiger partial charge in [0.05, 0.1) is 18.6 Å². The maximum atomic E-state index is 14.3. The quantitative estimate of drug-likeness (QED) is 0.0869. The number of hydrogen-bond acceptors (Lipinski definition) is 7. The average molecular weight is 752 g/mol. The molecular weight excluding hydrogens is 695 g/mol. The Morgan fingerprint density at radius 1 is 0.764 bits per heavy atom. The molecule has 294 valence electrons. The smallest absolute Gasteiger partial charge is 0.408 e. The predicted molar refractivity (Wildman–Crippen MR) is 215 cm³/mol. The fraction of sp³-hybridized carbons (Fsp3) is 0.432. The minimum absolute atomic E-state index is 0.0120. The molecule has 4 rings (SSSR count). The fourth-order valence-electron chi connectivity index (χ4n) is 6.51. The van der Waals surface area contributed by atoms with E-state index in [0.717, 1.165) is 33.9 Å². The summed E-state index contributed by atoms with van der Waals surface area (Å²) in [5.41, 5.74) is 2.37. The van der Waals surface area contributed by atoms with Crippen molar-refractivity contribution in [3.8, 4) is 0 Å². The molecule has 0 fully saturated rings. The van der Waals surface area contributed by atoms with Gasteiger partial charge in [-0.05, 0) is 64.8 Å². The third-order valence-corrected chi connectivity index (χ3v) is 9.81. The number of nitrogens with one attached hydrogen (secondary N) is 3. The summed E-state index contributed by atoms with van der Waals surface area (Å²) < 4.78 is 5.51. The SMILES string of the molecule is CCC(C)CN(CC)C(=O)C[C@H](O)[C@H](CC(C)C)NC(=O)C(Cc1ccncc1)NC(=O)[C@H](Cc1cccc2ccccc12)NC(=O)OCc1ccccc1. The Balaban J connectivity index is 1.58. The van der Waals surface area contributed by atoms with Crippen LogP contribution in [0.4, 0.5) is 4.79 Å². The summed E-state index contributed by atoms with van der Waals surface area (Å²) >= 11 is 0. The van der Waals surface area contributed by atoms with Crippen LogP contribution in [0.15, 0.2) is 97.3 Å². The summed E-state index contributed by atoms with van der Waals surface area (Å²) in [7, 11) is 0. The number of benzene rings is 3. The molecule has 0 radical (unpaired) electrons. The van der Waals surface area contributed by atoms with E-state index in [9.17, 15) is 24.3 Å². The van der Waals surface area contributed by atoms with E-state index in [2.05, 4.69) is 34.8 Å². The van der Waals surface area contributed by atoms with Gasteiger partial charge in [0, 0.05) is 38.3 Å². The summed E-state index contributed by atoms with van der Waals surface area (Å²) in [6.45, 7) is 11.2. The predicted octanol–water partition coefficient (Wildman–Crippen LogP) is 5.98. The first kappa shape index (κ1) is 42.5. The molecule has 1 aromatic heterocycles. The highest BCUT2D eigenvalue weighted by Crippen LogP contribution is 2.21. The van der Waals surface area contributed by atoms with Crippen molar-refractivity contribution in [1.29, 1.82) is 0 Å². The van der Waals surface area contributed by atoms with Crippen molar-refractivity contribution in [3.63, 3.8) is 0 Å². The maximum Gasteiger partial charge on any atom is 0.408 e. The van der Waals surface area contributed by atoms with Crippen LogP contribution in [-0.2, 0) is 38.6 Å². The minimum Gasteiger partial charge on any atom is -0.445 e. The van der Waals surface area contributed by atoms with Crippen molar-refractivity contribution in [2.75, 3.05) is 13.1 Å². The zero-order valence-electron chi connectivity index (χ0n) is 32.7. The molecule has 55 heavy (non-hydrogen) atoms. The van der Waals surface area contributed by atoms with E-state index in [4.69, 9.17) is 4.74 Å². The molecule has 0 saturated heterocycles. The Morgan fingerprint density at radius 3 is 2.11 bits per heavy atom. The van der Waals surface area contributed by atoms with Crippen LogP contribution in [-0.4, -0.2) is 76.1 Å². The molecule has 4 aromatic rings. The zero-order valence-corrected chi connectivity index (χ0v) is 32.7. The second kappa shape index (κ2) is 21.6. The minimum atomic E-state index is -1.15. The fourth-order valence-corrected chi connectivity index (χ4v) is 6.51. The second-order valence-electron chi connectivity index (χ2n) is 14.7. The van der Waals surface area contributed by atoms with Crippen LogP contribution in [0.5, 0.6) is 0 Å². The van der Waals surface area contributed by atoms with Crippen LogP contribution in [0, 0.1) is 11.8 Å². The molecule has 2 unspecified atom stereocenters. The summed E-state index contributed by atoms with van der Waals surface area (Å²) in [4.78, 5) is 60.8. The number of ether oxygens (including phenoxy) is 1. The molecule has 0 aliphatic heterocycles. The highest BCUT2D eigenvalue weighted by Gasteiger charge is 2.32. The Morgan fingerprint density at radius 2 is 1.42 bits per heavy atom. The Hall–Kier alpha value is -5.29. The van der Waals surface area contributed by atoms with Crippen LogP contribution >= 0.6 is 0 Å². The number of amides is 4. The normalized spacial score (nSPS) is 13.9. The van der Waals surface area contributed by atoms with Gasteiger partial charge in [0.25, 0.3) is 0 Å². The number of aromatic nitrogens is 1. The third kappa shape index (κ3) is 13.5. The number of aliphatic hydroxyl groups excluding tert-OH is 1. The van der Waals surface area contributed by atoms with Crippen LogP contribution in [0.3, 0.4) is 0 Å². The van der Waals surface area contributed by atoms with Gasteiger partial charge in [-0.25, -0.2) is 4.79 Å². The van der Waals surface area contributed by atoms with Crippen molar-refractivity contribution >= 4 is 34.6 Å². The van der Waals surface area contributed by atoms with Crippen molar-refractivity contribution in [3.05, 3.63) is 114 Å². The number of pyridine rings is 1. The monoisotopic (exact) mass is 751 g/mol. The van der Waals surface area contributed by atoms with E-state index in [1.807, 2.05) is 93.6 Å². The molecule has 11 heteroatoms. The van der Waals surface area contributed by atoms with Gasteiger partial charge >= 0.3 is 6.09 Å². The molecule has 4 N–H and O–H groups in total. The molecule has 1 heterocycles. The lowest BCUT2D eigenvalue weighted by atomic mass is 9.95. The molecule has 4 amide bonds. The van der Waals surface area contributed by atoms with Crippen molar-refractivity contribution < 1.29 is 29.0 Å². The van der Waals surface area contributed by atoms with Gasteiger partial charge in [0.15, 0.2) is 0 Å². The first-order valence-electron chi connectivity index (χ1n) is 19.4. The van der Waals surface area contributed by atoms with E-state index in [0.29, 0.717) is 25.4 Å². The lowest BCUT2D eigenvalue weighted by molar-refractivity contribution is -0.135. The molecular formula is C44H57N5O6. The van der Waals surface area contributed by atoms with Gasteiger partial charge in [0.1, 0.15) is 18.7 Å². The molecule has 0 aliphatic carbocycles. The van der Waals surface area contributed by atoms with Crippen LogP contribution in [0.1, 0.15) is 70.6 Å². The summed E-state index contributed by atoms with van der Waals surface area (Å²) in [6.07, 6.45) is 2.71. The van der Waals surface area contributed by atoms with Crippen molar-refractivity contribution in [1.82, 2.24) is 25.8 Å². The van der Waals surface area contributed by atoms with Gasteiger partial charge in [-0.15, -0.1) is 0 Å².